The molecule has 0 aromatic carbocycles. The van der Waals surface area contributed by atoms with Crippen molar-refractivity contribution in [1.82, 2.24) is 19.9 Å². The maximum Gasteiger partial charge on any atom is 0.225 e. The van der Waals surface area contributed by atoms with Crippen LogP contribution in [0.25, 0.3) is 0 Å². The van der Waals surface area contributed by atoms with Crippen molar-refractivity contribution in [3.8, 4) is 0 Å². The Balaban J connectivity index is 1.38. The van der Waals surface area contributed by atoms with Crippen LogP contribution in [-0.4, -0.2) is 46.0 Å². The molecule has 0 amide bonds. The summed E-state index contributed by atoms with van der Waals surface area (Å²) in [6, 6.07) is 8.16. The number of fused-ring (bicyclic) bond motifs is 1. The van der Waals surface area contributed by atoms with Gasteiger partial charge in [0.05, 0.1) is 5.69 Å². The van der Waals surface area contributed by atoms with Gasteiger partial charge in [0.1, 0.15) is 0 Å². The number of likely N-dealkylation sites (tertiary alicyclic amines) is 1. The van der Waals surface area contributed by atoms with E-state index >= 15 is 0 Å². The van der Waals surface area contributed by atoms with E-state index in [0.717, 1.165) is 56.2 Å². The summed E-state index contributed by atoms with van der Waals surface area (Å²) in [5.74, 6) is 2.34. The Hall–Kier alpha value is -2.01. The molecule has 4 rings (SSSR count). The standard InChI is InChI=1S/C17H21N5/c1-13-4-2-5-16(20-13)12-21-8-14-10-22(11-15(14)9-21)17-18-6-3-7-19-17/h2-7,14-15H,8-12H2,1H3/t14-,15+. The molecule has 0 bridgehead atoms. The van der Waals surface area contributed by atoms with Crippen LogP contribution >= 0.6 is 0 Å². The summed E-state index contributed by atoms with van der Waals surface area (Å²) >= 11 is 0. The highest BCUT2D eigenvalue weighted by Crippen LogP contribution is 2.33. The predicted molar refractivity (Wildman–Crippen MR) is 85.5 cm³/mol. The third-order valence-electron chi connectivity index (χ3n) is 4.73. The van der Waals surface area contributed by atoms with Crippen molar-refractivity contribution in [1.29, 1.82) is 0 Å². The molecule has 4 heterocycles. The molecule has 2 aliphatic rings. The van der Waals surface area contributed by atoms with Crippen LogP contribution in [0, 0.1) is 18.8 Å². The number of hydrogen-bond donors (Lipinski definition) is 0. The molecular weight excluding hydrogens is 274 g/mol. The van der Waals surface area contributed by atoms with E-state index in [9.17, 15) is 0 Å². The highest BCUT2D eigenvalue weighted by atomic mass is 15.3. The summed E-state index contributed by atoms with van der Waals surface area (Å²) in [4.78, 5) is 18.2. The SMILES string of the molecule is Cc1cccc(CN2C[C@@H]3CN(c4ncccn4)C[C@@H]3C2)n1. The average Bonchev–Trinajstić information content (AvgIpc) is 3.06. The zero-order valence-electron chi connectivity index (χ0n) is 12.9. The van der Waals surface area contributed by atoms with E-state index in [0.29, 0.717) is 0 Å². The lowest BCUT2D eigenvalue weighted by Crippen LogP contribution is -2.29. The minimum atomic E-state index is 0.730. The second-order valence-corrected chi connectivity index (χ2v) is 6.44. The Morgan fingerprint density at radius 1 is 1.00 bits per heavy atom. The van der Waals surface area contributed by atoms with Gasteiger partial charge in [0.15, 0.2) is 0 Å². The van der Waals surface area contributed by atoms with E-state index in [2.05, 4.69) is 49.9 Å². The van der Waals surface area contributed by atoms with E-state index in [4.69, 9.17) is 0 Å². The predicted octanol–water partition coefficient (Wildman–Crippen LogP) is 1.75. The molecule has 2 fully saturated rings. The molecule has 0 aliphatic carbocycles. The molecular formula is C17H21N5. The molecule has 5 nitrogen and oxygen atoms in total. The molecule has 5 heteroatoms. The van der Waals surface area contributed by atoms with E-state index in [1.165, 1.54) is 5.69 Å². The van der Waals surface area contributed by atoms with Crippen LogP contribution in [0.5, 0.6) is 0 Å². The second kappa shape index (κ2) is 5.65. The van der Waals surface area contributed by atoms with Crippen molar-refractivity contribution in [3.63, 3.8) is 0 Å². The Morgan fingerprint density at radius 3 is 2.41 bits per heavy atom. The lowest BCUT2D eigenvalue weighted by molar-refractivity contribution is 0.305. The van der Waals surface area contributed by atoms with E-state index < -0.39 is 0 Å². The Kier molecular flexibility index (Phi) is 3.50. The number of aryl methyl sites for hydroxylation is 1. The fraction of sp³-hybridized carbons (Fsp3) is 0.471. The van der Waals surface area contributed by atoms with Gasteiger partial charge in [-0.2, -0.15) is 0 Å². The van der Waals surface area contributed by atoms with E-state index in [1.54, 1.807) is 0 Å². The summed E-state index contributed by atoms with van der Waals surface area (Å²) in [7, 11) is 0. The van der Waals surface area contributed by atoms with Crippen molar-refractivity contribution >= 4 is 5.95 Å². The fourth-order valence-corrected chi connectivity index (χ4v) is 3.75. The summed E-state index contributed by atoms with van der Waals surface area (Å²) in [5, 5.41) is 0. The molecule has 0 radical (unpaired) electrons. The van der Waals surface area contributed by atoms with Gasteiger partial charge in [0.2, 0.25) is 5.95 Å². The zero-order valence-corrected chi connectivity index (χ0v) is 12.9. The Labute approximate surface area is 131 Å². The molecule has 114 valence electrons. The topological polar surface area (TPSA) is 45.2 Å². The van der Waals surface area contributed by atoms with Gasteiger partial charge in [0.25, 0.3) is 0 Å². The van der Waals surface area contributed by atoms with Crippen LogP contribution in [-0.2, 0) is 6.54 Å². The highest BCUT2D eigenvalue weighted by Gasteiger charge is 2.40. The lowest BCUT2D eigenvalue weighted by Gasteiger charge is -2.21. The Bertz CT molecular complexity index is 631. The highest BCUT2D eigenvalue weighted by molar-refractivity contribution is 5.31. The van der Waals surface area contributed by atoms with E-state index in [-0.39, 0.29) is 0 Å². The maximum atomic E-state index is 4.62. The fourth-order valence-electron chi connectivity index (χ4n) is 3.75. The van der Waals surface area contributed by atoms with Crippen LogP contribution in [0.4, 0.5) is 5.95 Å². The lowest BCUT2D eigenvalue weighted by atomic mass is 10.0. The normalized spacial score (nSPS) is 24.7. The van der Waals surface area contributed by atoms with Gasteiger partial charge in [-0.25, -0.2) is 9.97 Å². The molecule has 0 spiro atoms. The summed E-state index contributed by atoms with van der Waals surface area (Å²) in [6.07, 6.45) is 3.65. The number of anilines is 1. The third kappa shape index (κ3) is 2.68. The summed E-state index contributed by atoms with van der Waals surface area (Å²) < 4.78 is 0. The van der Waals surface area contributed by atoms with Gasteiger partial charge in [-0.05, 0) is 37.0 Å². The van der Waals surface area contributed by atoms with Crippen molar-refractivity contribution in [3.05, 3.63) is 48.0 Å². The molecule has 22 heavy (non-hydrogen) atoms. The first kappa shape index (κ1) is 13.6. The van der Waals surface area contributed by atoms with Crippen molar-refractivity contribution in [2.75, 3.05) is 31.1 Å². The van der Waals surface area contributed by atoms with Crippen LogP contribution in [0.1, 0.15) is 11.4 Å². The molecule has 0 saturated carbocycles. The molecule has 0 N–H and O–H groups in total. The van der Waals surface area contributed by atoms with Crippen LogP contribution in [0.3, 0.4) is 0 Å². The molecule has 2 aromatic heterocycles. The van der Waals surface area contributed by atoms with Gasteiger partial charge >= 0.3 is 0 Å². The zero-order chi connectivity index (χ0) is 14.9. The number of aromatic nitrogens is 3. The largest absolute Gasteiger partial charge is 0.340 e. The average molecular weight is 295 g/mol. The Morgan fingerprint density at radius 2 is 1.73 bits per heavy atom. The molecule has 2 aromatic rings. The smallest absolute Gasteiger partial charge is 0.225 e. The monoisotopic (exact) mass is 295 g/mol. The van der Waals surface area contributed by atoms with Gasteiger partial charge in [-0.15, -0.1) is 0 Å². The van der Waals surface area contributed by atoms with Gasteiger partial charge < -0.3 is 4.90 Å². The minimum Gasteiger partial charge on any atom is -0.340 e. The van der Waals surface area contributed by atoms with Gasteiger partial charge in [0, 0.05) is 50.8 Å². The van der Waals surface area contributed by atoms with Crippen molar-refractivity contribution in [2.45, 2.75) is 13.5 Å². The summed E-state index contributed by atoms with van der Waals surface area (Å²) in [5.41, 5.74) is 2.28. The third-order valence-corrected chi connectivity index (χ3v) is 4.73. The van der Waals surface area contributed by atoms with Gasteiger partial charge in [-0.1, -0.05) is 6.07 Å². The van der Waals surface area contributed by atoms with Crippen LogP contribution in [0.15, 0.2) is 36.7 Å². The van der Waals surface area contributed by atoms with Gasteiger partial charge in [-0.3, -0.25) is 9.88 Å². The van der Waals surface area contributed by atoms with Crippen LogP contribution < -0.4 is 4.90 Å². The van der Waals surface area contributed by atoms with E-state index in [1.807, 2.05) is 18.5 Å². The first-order valence-electron chi connectivity index (χ1n) is 7.95. The van der Waals surface area contributed by atoms with Crippen molar-refractivity contribution < 1.29 is 0 Å². The molecule has 2 saturated heterocycles. The molecule has 2 aliphatic heterocycles. The number of hydrogen-bond acceptors (Lipinski definition) is 5. The number of pyridine rings is 1. The number of nitrogens with zero attached hydrogens (tertiary/aromatic N) is 5. The second-order valence-electron chi connectivity index (χ2n) is 6.44. The quantitative estimate of drug-likeness (QED) is 0.863. The summed E-state index contributed by atoms with van der Waals surface area (Å²) in [6.45, 7) is 7.49. The first-order chi connectivity index (χ1) is 10.8. The first-order valence-corrected chi connectivity index (χ1v) is 7.95. The maximum absolute atomic E-state index is 4.62. The minimum absolute atomic E-state index is 0.730. The molecule has 2 atom stereocenters. The number of rotatable bonds is 3. The van der Waals surface area contributed by atoms with Crippen molar-refractivity contribution in [2.24, 2.45) is 11.8 Å². The molecule has 0 unspecified atom stereocenters. The van der Waals surface area contributed by atoms with Crippen LogP contribution in [0.2, 0.25) is 0 Å².